The third-order valence-corrected chi connectivity index (χ3v) is 2.83. The normalized spacial score (nSPS) is 9.65. The number of hydrogen-bond acceptors (Lipinski definition) is 4. The third-order valence-electron chi connectivity index (χ3n) is 2.17. The summed E-state index contributed by atoms with van der Waals surface area (Å²) in [5.74, 6) is 0. The maximum atomic E-state index is 8.75. The van der Waals surface area contributed by atoms with Gasteiger partial charge < -0.3 is 5.32 Å². The first kappa shape index (κ1) is 11.6. The summed E-state index contributed by atoms with van der Waals surface area (Å²) in [6.07, 6.45) is 5.01. The number of benzene rings is 1. The zero-order valence-corrected chi connectivity index (χ0v) is 10.5. The van der Waals surface area contributed by atoms with Crippen LogP contribution < -0.4 is 5.32 Å². The van der Waals surface area contributed by atoms with Gasteiger partial charge in [0.2, 0.25) is 0 Å². The minimum absolute atomic E-state index is 0.596. The lowest BCUT2D eigenvalue weighted by Crippen LogP contribution is -2.02. The first-order chi connectivity index (χ1) is 8.29. The van der Waals surface area contributed by atoms with Crippen molar-refractivity contribution >= 4 is 21.6 Å². The summed E-state index contributed by atoms with van der Waals surface area (Å²) in [5.41, 5.74) is 2.42. The average molecular weight is 289 g/mol. The van der Waals surface area contributed by atoms with Crippen LogP contribution in [0.1, 0.15) is 11.3 Å². The number of hydrogen-bond donors (Lipinski definition) is 1. The molecule has 1 heterocycles. The Balaban J connectivity index is 2.08. The number of nitrogens with one attached hydrogen (secondary N) is 1. The molecule has 4 nitrogen and oxygen atoms in total. The van der Waals surface area contributed by atoms with Crippen LogP contribution in [0, 0.1) is 11.3 Å². The van der Waals surface area contributed by atoms with E-state index in [9.17, 15) is 0 Å². The molecule has 0 radical (unpaired) electrons. The molecular weight excluding hydrogens is 280 g/mol. The number of nitrogens with zero attached hydrogens (tertiary/aromatic N) is 3. The maximum absolute atomic E-state index is 8.75. The summed E-state index contributed by atoms with van der Waals surface area (Å²) in [5, 5.41) is 12.0. The molecule has 2 rings (SSSR count). The molecule has 1 aromatic heterocycles. The number of anilines is 1. The molecule has 0 aliphatic carbocycles. The number of rotatable bonds is 3. The van der Waals surface area contributed by atoms with Gasteiger partial charge in [-0.2, -0.15) is 5.26 Å². The Kier molecular flexibility index (Phi) is 3.68. The van der Waals surface area contributed by atoms with E-state index in [0.717, 1.165) is 15.9 Å². The standard InChI is InChI=1S/C12H9BrN4/c13-11-5-9(6-14)1-2-12(11)17-8-10-7-15-3-4-16-10/h1-5,7,17H,8H2. The maximum Gasteiger partial charge on any atom is 0.0992 e. The highest BCUT2D eigenvalue weighted by molar-refractivity contribution is 9.10. The molecule has 0 aliphatic rings. The summed E-state index contributed by atoms with van der Waals surface area (Å²) in [7, 11) is 0. The zero-order chi connectivity index (χ0) is 12.1. The minimum Gasteiger partial charge on any atom is -0.378 e. The molecule has 2 aromatic rings. The second kappa shape index (κ2) is 5.41. The van der Waals surface area contributed by atoms with E-state index < -0.39 is 0 Å². The molecule has 0 amide bonds. The molecular formula is C12H9BrN4. The van der Waals surface area contributed by atoms with Crippen molar-refractivity contribution in [1.29, 1.82) is 5.26 Å². The highest BCUT2D eigenvalue weighted by Crippen LogP contribution is 2.23. The van der Waals surface area contributed by atoms with Crippen molar-refractivity contribution in [3.05, 3.63) is 52.5 Å². The third kappa shape index (κ3) is 3.02. The molecule has 0 saturated heterocycles. The Hall–Kier alpha value is -1.93. The van der Waals surface area contributed by atoms with Crippen LogP contribution in [-0.4, -0.2) is 9.97 Å². The lowest BCUT2D eigenvalue weighted by atomic mass is 10.2. The summed E-state index contributed by atoms with van der Waals surface area (Å²) in [4.78, 5) is 8.15. The van der Waals surface area contributed by atoms with Gasteiger partial charge in [-0.3, -0.25) is 9.97 Å². The van der Waals surface area contributed by atoms with Gasteiger partial charge in [-0.15, -0.1) is 0 Å². The van der Waals surface area contributed by atoms with Crippen LogP contribution in [0.4, 0.5) is 5.69 Å². The van der Waals surface area contributed by atoms with E-state index in [4.69, 9.17) is 5.26 Å². The Morgan fingerprint density at radius 1 is 1.35 bits per heavy atom. The van der Waals surface area contributed by atoms with Crippen molar-refractivity contribution in [3.63, 3.8) is 0 Å². The van der Waals surface area contributed by atoms with E-state index in [0.29, 0.717) is 12.1 Å². The Morgan fingerprint density at radius 3 is 2.88 bits per heavy atom. The van der Waals surface area contributed by atoms with E-state index in [1.807, 2.05) is 6.07 Å². The smallest absolute Gasteiger partial charge is 0.0992 e. The van der Waals surface area contributed by atoms with Gasteiger partial charge in [-0.25, -0.2) is 0 Å². The van der Waals surface area contributed by atoms with Gasteiger partial charge in [0.15, 0.2) is 0 Å². The number of aromatic nitrogens is 2. The molecule has 0 bridgehead atoms. The molecule has 1 N–H and O–H groups in total. The lowest BCUT2D eigenvalue weighted by molar-refractivity contribution is 1.01. The van der Waals surface area contributed by atoms with Gasteiger partial charge in [0, 0.05) is 22.6 Å². The largest absolute Gasteiger partial charge is 0.378 e. The van der Waals surface area contributed by atoms with E-state index in [1.54, 1.807) is 30.7 Å². The summed E-state index contributed by atoms with van der Waals surface area (Å²) in [6, 6.07) is 7.49. The van der Waals surface area contributed by atoms with Crippen LogP contribution >= 0.6 is 15.9 Å². The second-order valence-electron chi connectivity index (χ2n) is 3.36. The van der Waals surface area contributed by atoms with Crippen molar-refractivity contribution < 1.29 is 0 Å². The molecule has 1 aromatic carbocycles. The molecule has 0 unspecified atom stereocenters. The van der Waals surface area contributed by atoms with Gasteiger partial charge in [0.05, 0.1) is 30.1 Å². The fourth-order valence-electron chi connectivity index (χ4n) is 1.34. The van der Waals surface area contributed by atoms with Gasteiger partial charge in [-0.1, -0.05) is 0 Å². The lowest BCUT2D eigenvalue weighted by Gasteiger charge is -2.07. The molecule has 17 heavy (non-hydrogen) atoms. The predicted octanol–water partition coefficient (Wildman–Crippen LogP) is 2.72. The van der Waals surface area contributed by atoms with Gasteiger partial charge in [-0.05, 0) is 34.1 Å². The van der Waals surface area contributed by atoms with E-state index in [-0.39, 0.29) is 0 Å². The van der Waals surface area contributed by atoms with Crippen molar-refractivity contribution in [2.24, 2.45) is 0 Å². The summed E-state index contributed by atoms with van der Waals surface area (Å²) in [6.45, 7) is 0.596. The Morgan fingerprint density at radius 2 is 2.24 bits per heavy atom. The van der Waals surface area contributed by atoms with Crippen molar-refractivity contribution in [1.82, 2.24) is 9.97 Å². The number of nitriles is 1. The van der Waals surface area contributed by atoms with Crippen molar-refractivity contribution in [2.75, 3.05) is 5.32 Å². The molecule has 0 spiro atoms. The van der Waals surface area contributed by atoms with Gasteiger partial charge in [0.1, 0.15) is 0 Å². The van der Waals surface area contributed by atoms with E-state index >= 15 is 0 Å². The molecule has 0 atom stereocenters. The van der Waals surface area contributed by atoms with Crippen molar-refractivity contribution in [2.45, 2.75) is 6.54 Å². The Bertz CT molecular complexity index is 548. The fourth-order valence-corrected chi connectivity index (χ4v) is 1.85. The van der Waals surface area contributed by atoms with Crippen molar-refractivity contribution in [3.8, 4) is 6.07 Å². The first-order valence-corrected chi connectivity index (χ1v) is 5.77. The van der Waals surface area contributed by atoms with Crippen LogP contribution in [0.3, 0.4) is 0 Å². The van der Waals surface area contributed by atoms with Crippen LogP contribution in [0.25, 0.3) is 0 Å². The highest BCUT2D eigenvalue weighted by Gasteiger charge is 2.01. The molecule has 84 valence electrons. The van der Waals surface area contributed by atoms with Crippen LogP contribution in [0.15, 0.2) is 41.3 Å². The second-order valence-corrected chi connectivity index (χ2v) is 4.21. The summed E-state index contributed by atoms with van der Waals surface area (Å²) >= 11 is 3.41. The SMILES string of the molecule is N#Cc1ccc(NCc2cnccn2)c(Br)c1. The quantitative estimate of drug-likeness (QED) is 0.943. The first-order valence-electron chi connectivity index (χ1n) is 4.98. The Labute approximate surface area is 107 Å². The van der Waals surface area contributed by atoms with Gasteiger partial charge >= 0.3 is 0 Å². The average Bonchev–Trinajstić information content (AvgIpc) is 2.38. The molecule has 0 saturated carbocycles. The van der Waals surface area contributed by atoms with E-state index in [2.05, 4.69) is 37.3 Å². The van der Waals surface area contributed by atoms with Crippen LogP contribution in [-0.2, 0) is 6.54 Å². The predicted molar refractivity (Wildman–Crippen MR) is 68.2 cm³/mol. The van der Waals surface area contributed by atoms with Gasteiger partial charge in [0.25, 0.3) is 0 Å². The highest BCUT2D eigenvalue weighted by atomic mass is 79.9. The molecule has 0 fully saturated rings. The summed E-state index contributed by atoms with van der Waals surface area (Å²) < 4.78 is 0.862. The van der Waals surface area contributed by atoms with Crippen LogP contribution in [0.2, 0.25) is 0 Å². The molecule has 0 aliphatic heterocycles. The zero-order valence-electron chi connectivity index (χ0n) is 8.89. The minimum atomic E-state index is 0.596. The molecule has 5 heteroatoms. The number of halogens is 1. The fraction of sp³-hybridized carbons (Fsp3) is 0.0833. The topological polar surface area (TPSA) is 61.6 Å². The van der Waals surface area contributed by atoms with Crippen LogP contribution in [0.5, 0.6) is 0 Å². The van der Waals surface area contributed by atoms with E-state index in [1.165, 1.54) is 0 Å². The monoisotopic (exact) mass is 288 g/mol.